The molecule has 1 rings (SSSR count). The highest BCUT2D eigenvalue weighted by atomic mass is 35.5. The molecule has 96 valence electrons. The van der Waals surface area contributed by atoms with E-state index in [1.165, 1.54) is 11.3 Å². The SMILES string of the molecule is CCN(CC(C)C)c1ccc(Cl)cc1CCN. The molecule has 0 unspecified atom stereocenters. The summed E-state index contributed by atoms with van der Waals surface area (Å²) in [6.45, 7) is 9.39. The van der Waals surface area contributed by atoms with Gasteiger partial charge in [0, 0.05) is 23.8 Å². The molecule has 0 radical (unpaired) electrons. The van der Waals surface area contributed by atoms with Gasteiger partial charge in [0.1, 0.15) is 0 Å². The quantitative estimate of drug-likeness (QED) is 0.844. The van der Waals surface area contributed by atoms with Crippen molar-refractivity contribution < 1.29 is 0 Å². The van der Waals surface area contributed by atoms with Crippen LogP contribution in [0.1, 0.15) is 26.3 Å². The molecular weight excluding hydrogens is 232 g/mol. The molecule has 0 bridgehead atoms. The van der Waals surface area contributed by atoms with Crippen LogP contribution in [0.3, 0.4) is 0 Å². The van der Waals surface area contributed by atoms with Crippen LogP contribution in [0.4, 0.5) is 5.69 Å². The van der Waals surface area contributed by atoms with Crippen LogP contribution in [0, 0.1) is 5.92 Å². The average Bonchev–Trinajstić information content (AvgIpc) is 2.27. The van der Waals surface area contributed by atoms with E-state index in [4.69, 9.17) is 17.3 Å². The molecule has 0 atom stereocenters. The molecule has 0 aliphatic carbocycles. The lowest BCUT2D eigenvalue weighted by molar-refractivity contribution is 0.617. The third kappa shape index (κ3) is 4.21. The Bertz CT molecular complexity index is 350. The molecule has 17 heavy (non-hydrogen) atoms. The maximum Gasteiger partial charge on any atom is 0.0410 e. The van der Waals surface area contributed by atoms with Gasteiger partial charge in [-0.05, 0) is 49.6 Å². The molecule has 0 amide bonds. The molecule has 0 spiro atoms. The molecule has 1 aromatic rings. The number of benzene rings is 1. The first-order valence-corrected chi connectivity index (χ1v) is 6.69. The molecule has 0 fully saturated rings. The minimum atomic E-state index is 0.649. The van der Waals surface area contributed by atoms with Crippen molar-refractivity contribution in [1.29, 1.82) is 0 Å². The Morgan fingerprint density at radius 3 is 2.59 bits per heavy atom. The van der Waals surface area contributed by atoms with Crippen LogP contribution in [-0.4, -0.2) is 19.6 Å². The van der Waals surface area contributed by atoms with Gasteiger partial charge < -0.3 is 10.6 Å². The van der Waals surface area contributed by atoms with Gasteiger partial charge in [-0.3, -0.25) is 0 Å². The summed E-state index contributed by atoms with van der Waals surface area (Å²) in [5, 5.41) is 0.790. The molecule has 2 nitrogen and oxygen atoms in total. The highest BCUT2D eigenvalue weighted by Crippen LogP contribution is 2.25. The van der Waals surface area contributed by atoms with Crippen molar-refractivity contribution in [3.63, 3.8) is 0 Å². The minimum absolute atomic E-state index is 0.649. The molecule has 0 aliphatic rings. The van der Waals surface area contributed by atoms with Gasteiger partial charge in [-0.25, -0.2) is 0 Å². The lowest BCUT2D eigenvalue weighted by Crippen LogP contribution is -2.28. The fraction of sp³-hybridized carbons (Fsp3) is 0.571. The van der Waals surface area contributed by atoms with Gasteiger partial charge in [0.15, 0.2) is 0 Å². The highest BCUT2D eigenvalue weighted by Gasteiger charge is 2.11. The van der Waals surface area contributed by atoms with E-state index >= 15 is 0 Å². The molecule has 2 N–H and O–H groups in total. The summed E-state index contributed by atoms with van der Waals surface area (Å²) in [6, 6.07) is 6.10. The number of anilines is 1. The Morgan fingerprint density at radius 2 is 2.06 bits per heavy atom. The number of hydrogen-bond donors (Lipinski definition) is 1. The summed E-state index contributed by atoms with van der Waals surface area (Å²) in [6.07, 6.45) is 0.879. The van der Waals surface area contributed by atoms with Crippen molar-refractivity contribution in [3.8, 4) is 0 Å². The van der Waals surface area contributed by atoms with Crippen molar-refractivity contribution in [2.75, 3.05) is 24.5 Å². The molecule has 3 heteroatoms. The molecule has 0 saturated heterocycles. The van der Waals surface area contributed by atoms with E-state index in [0.717, 1.165) is 24.5 Å². The normalized spacial score (nSPS) is 10.9. The number of rotatable bonds is 6. The number of nitrogens with zero attached hydrogens (tertiary/aromatic N) is 1. The third-order valence-electron chi connectivity index (χ3n) is 2.76. The van der Waals surface area contributed by atoms with Crippen molar-refractivity contribution in [2.45, 2.75) is 27.2 Å². The second-order valence-corrected chi connectivity index (χ2v) is 5.18. The van der Waals surface area contributed by atoms with E-state index < -0.39 is 0 Å². The van der Waals surface area contributed by atoms with Gasteiger partial charge >= 0.3 is 0 Å². The summed E-state index contributed by atoms with van der Waals surface area (Å²) < 4.78 is 0. The van der Waals surface area contributed by atoms with Crippen molar-refractivity contribution >= 4 is 17.3 Å². The molecular formula is C14H23ClN2. The van der Waals surface area contributed by atoms with Gasteiger partial charge in [-0.1, -0.05) is 25.4 Å². The van der Waals surface area contributed by atoms with Crippen LogP contribution < -0.4 is 10.6 Å². The zero-order chi connectivity index (χ0) is 12.8. The van der Waals surface area contributed by atoms with Gasteiger partial charge in [0.05, 0.1) is 0 Å². The summed E-state index contributed by atoms with van der Waals surface area (Å²) in [5.41, 5.74) is 8.19. The number of halogens is 1. The highest BCUT2D eigenvalue weighted by molar-refractivity contribution is 6.30. The van der Waals surface area contributed by atoms with Gasteiger partial charge in [0.25, 0.3) is 0 Å². The predicted molar refractivity (Wildman–Crippen MR) is 76.9 cm³/mol. The first kappa shape index (κ1) is 14.3. The fourth-order valence-corrected chi connectivity index (χ4v) is 2.25. The van der Waals surface area contributed by atoms with E-state index in [9.17, 15) is 0 Å². The Labute approximate surface area is 110 Å². The standard InChI is InChI=1S/C14H23ClN2/c1-4-17(10-11(2)3)14-6-5-13(15)9-12(14)7-8-16/h5-6,9,11H,4,7-8,10,16H2,1-3H3. The lowest BCUT2D eigenvalue weighted by atomic mass is 10.1. The van der Waals surface area contributed by atoms with Crippen LogP contribution in [0.15, 0.2) is 18.2 Å². The summed E-state index contributed by atoms with van der Waals surface area (Å²) in [5.74, 6) is 0.649. The summed E-state index contributed by atoms with van der Waals surface area (Å²) in [7, 11) is 0. The van der Waals surface area contributed by atoms with Crippen LogP contribution >= 0.6 is 11.6 Å². The second-order valence-electron chi connectivity index (χ2n) is 4.74. The smallest absolute Gasteiger partial charge is 0.0410 e. The van der Waals surface area contributed by atoms with E-state index in [0.29, 0.717) is 12.5 Å². The zero-order valence-corrected chi connectivity index (χ0v) is 11.8. The van der Waals surface area contributed by atoms with Crippen molar-refractivity contribution in [2.24, 2.45) is 11.7 Å². The van der Waals surface area contributed by atoms with E-state index in [1.807, 2.05) is 12.1 Å². The Hall–Kier alpha value is -0.730. The number of nitrogens with two attached hydrogens (primary N) is 1. The van der Waals surface area contributed by atoms with Crippen molar-refractivity contribution in [3.05, 3.63) is 28.8 Å². The summed E-state index contributed by atoms with van der Waals surface area (Å²) in [4.78, 5) is 2.39. The van der Waals surface area contributed by atoms with Crippen LogP contribution in [0.5, 0.6) is 0 Å². The Kier molecular flexibility index (Phi) is 5.79. The first-order chi connectivity index (χ1) is 8.08. The topological polar surface area (TPSA) is 29.3 Å². The average molecular weight is 255 g/mol. The fourth-order valence-electron chi connectivity index (χ4n) is 2.06. The zero-order valence-electron chi connectivity index (χ0n) is 11.0. The summed E-state index contributed by atoms with van der Waals surface area (Å²) >= 11 is 6.05. The Morgan fingerprint density at radius 1 is 1.35 bits per heavy atom. The van der Waals surface area contributed by atoms with Crippen molar-refractivity contribution in [1.82, 2.24) is 0 Å². The predicted octanol–water partition coefficient (Wildman–Crippen LogP) is 3.32. The van der Waals surface area contributed by atoms with Gasteiger partial charge in [-0.15, -0.1) is 0 Å². The van der Waals surface area contributed by atoms with E-state index in [1.54, 1.807) is 0 Å². The van der Waals surface area contributed by atoms with E-state index in [2.05, 4.69) is 31.7 Å². The second kappa shape index (κ2) is 6.87. The lowest BCUT2D eigenvalue weighted by Gasteiger charge is -2.27. The minimum Gasteiger partial charge on any atom is -0.371 e. The Balaban J connectivity index is 3.00. The van der Waals surface area contributed by atoms with E-state index in [-0.39, 0.29) is 0 Å². The molecule has 0 heterocycles. The molecule has 1 aromatic carbocycles. The first-order valence-electron chi connectivity index (χ1n) is 6.31. The maximum atomic E-state index is 6.05. The molecule has 0 saturated carbocycles. The monoisotopic (exact) mass is 254 g/mol. The van der Waals surface area contributed by atoms with Crippen LogP contribution in [0.25, 0.3) is 0 Å². The van der Waals surface area contributed by atoms with Gasteiger partial charge in [0.2, 0.25) is 0 Å². The third-order valence-corrected chi connectivity index (χ3v) is 3.00. The number of hydrogen-bond acceptors (Lipinski definition) is 2. The van der Waals surface area contributed by atoms with Crippen LogP contribution in [-0.2, 0) is 6.42 Å². The molecule has 0 aliphatic heterocycles. The maximum absolute atomic E-state index is 6.05. The molecule has 0 aromatic heterocycles. The van der Waals surface area contributed by atoms with Crippen LogP contribution in [0.2, 0.25) is 5.02 Å². The largest absolute Gasteiger partial charge is 0.371 e. The van der Waals surface area contributed by atoms with Gasteiger partial charge in [-0.2, -0.15) is 0 Å².